The van der Waals surface area contributed by atoms with E-state index in [1.165, 1.54) is 13.2 Å². The van der Waals surface area contributed by atoms with Crippen LogP contribution in [0.1, 0.15) is 39.3 Å². The molecule has 0 bridgehead atoms. The molecular weight excluding hydrogens is 475 g/mol. The van der Waals surface area contributed by atoms with Gasteiger partial charge in [-0.15, -0.1) is 0 Å². The molecule has 1 aliphatic heterocycles. The van der Waals surface area contributed by atoms with E-state index in [0.717, 1.165) is 16.9 Å². The van der Waals surface area contributed by atoms with Crippen LogP contribution in [0.4, 0.5) is 20.6 Å². The maximum atomic E-state index is 14.1. The van der Waals surface area contributed by atoms with E-state index in [-0.39, 0.29) is 17.7 Å². The quantitative estimate of drug-likeness (QED) is 0.501. The second-order valence-electron chi connectivity index (χ2n) is 10.4. The van der Waals surface area contributed by atoms with Gasteiger partial charge in [-0.2, -0.15) is 0 Å². The van der Waals surface area contributed by atoms with E-state index in [1.54, 1.807) is 30.2 Å². The van der Waals surface area contributed by atoms with Crippen molar-refractivity contribution in [3.05, 3.63) is 54.0 Å². The number of nitrogens with zero attached hydrogens (tertiary/aromatic N) is 3. The Morgan fingerprint density at radius 2 is 1.76 bits per heavy atom. The lowest BCUT2D eigenvalue weighted by Crippen LogP contribution is -2.50. The Hall–Kier alpha value is -3.75. The standard InChI is InChI=1S/C28H35FN4O4/c1-18-7-8-21(31-11-13-32(14-12-31)27(35)37-28(3,4)5)16-23(18)30-26(34)19(2)33-10-9-20-15-22(29)25(36-6)17-24(20)33/h7-10,15-17,19H,11-14H2,1-6H3,(H,30,34). The number of amides is 2. The van der Waals surface area contributed by atoms with Crippen molar-refractivity contribution in [3.63, 3.8) is 0 Å². The highest BCUT2D eigenvalue weighted by Gasteiger charge is 2.26. The van der Waals surface area contributed by atoms with Gasteiger partial charge in [-0.05, 0) is 64.4 Å². The smallest absolute Gasteiger partial charge is 0.410 e. The fraction of sp³-hybridized carbons (Fsp3) is 0.429. The number of rotatable bonds is 5. The molecule has 1 aliphatic rings. The van der Waals surface area contributed by atoms with Gasteiger partial charge in [0.1, 0.15) is 11.6 Å². The maximum Gasteiger partial charge on any atom is 0.410 e. The normalized spacial score (nSPS) is 15.0. The number of hydrogen-bond acceptors (Lipinski definition) is 5. The number of aromatic nitrogens is 1. The Balaban J connectivity index is 1.45. The van der Waals surface area contributed by atoms with Gasteiger partial charge in [0.25, 0.3) is 0 Å². The molecule has 1 aromatic heterocycles. The minimum absolute atomic E-state index is 0.135. The molecule has 0 radical (unpaired) electrons. The van der Waals surface area contributed by atoms with Gasteiger partial charge in [0, 0.05) is 55.2 Å². The van der Waals surface area contributed by atoms with Crippen molar-refractivity contribution >= 4 is 34.3 Å². The molecule has 1 fully saturated rings. The molecule has 8 nitrogen and oxygen atoms in total. The molecule has 1 N–H and O–H groups in total. The van der Waals surface area contributed by atoms with E-state index in [9.17, 15) is 14.0 Å². The number of nitrogens with one attached hydrogen (secondary N) is 1. The molecular formula is C28H35FN4O4. The third-order valence-electron chi connectivity index (χ3n) is 6.57. The average molecular weight is 511 g/mol. The lowest BCUT2D eigenvalue weighted by atomic mass is 10.1. The zero-order valence-corrected chi connectivity index (χ0v) is 22.3. The topological polar surface area (TPSA) is 76.0 Å². The second-order valence-corrected chi connectivity index (χ2v) is 10.4. The van der Waals surface area contributed by atoms with E-state index in [2.05, 4.69) is 10.2 Å². The first-order valence-electron chi connectivity index (χ1n) is 12.5. The molecule has 0 spiro atoms. The molecule has 2 amide bonds. The highest BCUT2D eigenvalue weighted by molar-refractivity contribution is 5.96. The molecule has 0 saturated carbocycles. The summed E-state index contributed by atoms with van der Waals surface area (Å²) in [5, 5.41) is 3.75. The summed E-state index contributed by atoms with van der Waals surface area (Å²) in [6.07, 6.45) is 1.48. The van der Waals surface area contributed by atoms with E-state index >= 15 is 0 Å². The van der Waals surface area contributed by atoms with Crippen molar-refractivity contribution in [2.75, 3.05) is 43.5 Å². The lowest BCUT2D eigenvalue weighted by Gasteiger charge is -2.37. The van der Waals surface area contributed by atoms with Crippen molar-refractivity contribution in [2.45, 2.75) is 46.3 Å². The summed E-state index contributed by atoms with van der Waals surface area (Å²) in [4.78, 5) is 29.5. The summed E-state index contributed by atoms with van der Waals surface area (Å²) >= 11 is 0. The number of methoxy groups -OCH3 is 1. The largest absolute Gasteiger partial charge is 0.494 e. The van der Waals surface area contributed by atoms with Gasteiger partial charge in [0.2, 0.25) is 5.91 Å². The first kappa shape index (κ1) is 26.3. The molecule has 1 saturated heterocycles. The van der Waals surface area contributed by atoms with E-state index in [0.29, 0.717) is 37.1 Å². The van der Waals surface area contributed by atoms with E-state index in [4.69, 9.17) is 9.47 Å². The number of piperazine rings is 1. The molecule has 0 aliphatic carbocycles. The summed E-state index contributed by atoms with van der Waals surface area (Å²) < 4.78 is 26.5. The van der Waals surface area contributed by atoms with Crippen molar-refractivity contribution in [2.24, 2.45) is 0 Å². The number of benzene rings is 2. The van der Waals surface area contributed by atoms with Gasteiger partial charge in [-0.1, -0.05) is 6.07 Å². The number of carbonyl (C=O) groups is 2. The third kappa shape index (κ3) is 5.81. The zero-order valence-electron chi connectivity index (χ0n) is 22.3. The molecule has 2 heterocycles. The van der Waals surface area contributed by atoms with Crippen LogP contribution in [0.3, 0.4) is 0 Å². The number of fused-ring (bicyclic) bond motifs is 1. The zero-order chi connectivity index (χ0) is 26.9. The first-order chi connectivity index (χ1) is 17.5. The van der Waals surface area contributed by atoms with Crippen molar-refractivity contribution < 1.29 is 23.5 Å². The highest BCUT2D eigenvalue weighted by Crippen LogP contribution is 2.29. The average Bonchev–Trinajstić information content (AvgIpc) is 3.25. The van der Waals surface area contributed by atoms with Crippen LogP contribution in [0.2, 0.25) is 0 Å². The van der Waals surface area contributed by atoms with Crippen molar-refractivity contribution in [3.8, 4) is 5.75 Å². The Labute approximate surface area is 216 Å². The molecule has 1 unspecified atom stereocenters. The molecule has 198 valence electrons. The Bertz CT molecular complexity index is 1310. The van der Waals surface area contributed by atoms with Crippen LogP contribution < -0.4 is 15.0 Å². The summed E-state index contributed by atoms with van der Waals surface area (Å²) in [5.41, 5.74) is 2.84. The minimum atomic E-state index is -0.534. The first-order valence-corrected chi connectivity index (χ1v) is 12.5. The SMILES string of the molecule is COc1cc2c(ccn2C(C)C(=O)Nc2cc(N3CCN(C(=O)OC(C)(C)C)CC3)ccc2C)cc1F. The molecule has 2 aromatic carbocycles. The summed E-state index contributed by atoms with van der Waals surface area (Å²) in [6.45, 7) is 11.8. The maximum absolute atomic E-state index is 14.1. The number of hydrogen-bond donors (Lipinski definition) is 1. The molecule has 37 heavy (non-hydrogen) atoms. The van der Waals surface area contributed by atoms with Gasteiger partial charge in [-0.3, -0.25) is 4.79 Å². The Kier molecular flexibility index (Phi) is 7.34. The van der Waals surface area contributed by atoms with Crippen LogP contribution in [0, 0.1) is 12.7 Å². The van der Waals surface area contributed by atoms with Crippen LogP contribution in [-0.4, -0.2) is 60.4 Å². The Morgan fingerprint density at radius 1 is 1.05 bits per heavy atom. The van der Waals surface area contributed by atoms with Gasteiger partial charge in [-0.25, -0.2) is 9.18 Å². The monoisotopic (exact) mass is 510 g/mol. The minimum Gasteiger partial charge on any atom is -0.494 e. The highest BCUT2D eigenvalue weighted by atomic mass is 19.1. The molecule has 1 atom stereocenters. The number of ether oxygens (including phenoxy) is 2. The molecule has 3 aromatic rings. The predicted octanol–water partition coefficient (Wildman–Crippen LogP) is 5.35. The number of halogens is 1. The van der Waals surface area contributed by atoms with Crippen molar-refractivity contribution in [1.29, 1.82) is 0 Å². The van der Waals surface area contributed by atoms with Gasteiger partial charge in [0.15, 0.2) is 11.6 Å². The summed E-state index contributed by atoms with van der Waals surface area (Å²) in [5.74, 6) is -0.490. The molecule has 9 heteroatoms. The summed E-state index contributed by atoms with van der Waals surface area (Å²) in [6, 6.07) is 10.2. The van der Waals surface area contributed by atoms with Crippen LogP contribution in [0.15, 0.2) is 42.6 Å². The lowest BCUT2D eigenvalue weighted by molar-refractivity contribution is -0.118. The number of carbonyl (C=O) groups excluding carboxylic acids is 2. The molecule has 4 rings (SSSR count). The Morgan fingerprint density at radius 3 is 2.41 bits per heavy atom. The predicted molar refractivity (Wildman–Crippen MR) is 143 cm³/mol. The van der Waals surface area contributed by atoms with Crippen LogP contribution in [0.5, 0.6) is 5.75 Å². The van der Waals surface area contributed by atoms with Crippen molar-refractivity contribution in [1.82, 2.24) is 9.47 Å². The van der Waals surface area contributed by atoms with Crippen LogP contribution in [-0.2, 0) is 9.53 Å². The van der Waals surface area contributed by atoms with Gasteiger partial charge >= 0.3 is 6.09 Å². The second kappa shape index (κ2) is 10.3. The van der Waals surface area contributed by atoms with Gasteiger partial charge < -0.3 is 29.2 Å². The van der Waals surface area contributed by atoms with Gasteiger partial charge in [0.05, 0.1) is 12.6 Å². The van der Waals surface area contributed by atoms with E-state index in [1.807, 2.05) is 50.5 Å². The summed E-state index contributed by atoms with van der Waals surface area (Å²) in [7, 11) is 1.42. The number of anilines is 2. The van der Waals surface area contributed by atoms with E-state index < -0.39 is 17.5 Å². The van der Waals surface area contributed by atoms with Crippen LogP contribution >= 0.6 is 0 Å². The fourth-order valence-corrected chi connectivity index (χ4v) is 4.43. The fourth-order valence-electron chi connectivity index (χ4n) is 4.43. The number of aryl methyl sites for hydroxylation is 1. The van der Waals surface area contributed by atoms with Crippen LogP contribution in [0.25, 0.3) is 10.9 Å². The third-order valence-corrected chi connectivity index (χ3v) is 6.57.